The summed E-state index contributed by atoms with van der Waals surface area (Å²) >= 11 is 0. The summed E-state index contributed by atoms with van der Waals surface area (Å²) in [5.74, 6) is -11.5. The Labute approximate surface area is 467 Å². The van der Waals surface area contributed by atoms with Gasteiger partial charge in [0.05, 0.1) is 18.6 Å². The van der Waals surface area contributed by atoms with E-state index in [4.69, 9.17) is 5.73 Å². The lowest BCUT2D eigenvalue weighted by molar-refractivity contribution is -0.145. The lowest BCUT2D eigenvalue weighted by Gasteiger charge is -2.29. The zero-order valence-electron chi connectivity index (χ0n) is 43.8. The van der Waals surface area contributed by atoms with E-state index in [1.807, 2.05) is 0 Å². The summed E-state index contributed by atoms with van der Waals surface area (Å²) in [5, 5.41) is 71.4. The molecule has 1 saturated heterocycles. The summed E-state index contributed by atoms with van der Waals surface area (Å²) in [6.07, 6.45) is -2.67. The normalized spacial score (nSPS) is 21.4. The Morgan fingerprint density at radius 3 is 1.96 bits per heavy atom. The van der Waals surface area contributed by atoms with Crippen molar-refractivity contribution in [2.45, 2.75) is 126 Å². The van der Waals surface area contributed by atoms with Crippen molar-refractivity contribution in [3.05, 3.63) is 102 Å². The molecule has 5 rings (SSSR count). The Morgan fingerprint density at radius 2 is 1.31 bits per heavy atom. The second-order valence-corrected chi connectivity index (χ2v) is 21.6. The molecule has 16 N–H and O–H groups in total. The van der Waals surface area contributed by atoms with E-state index in [9.17, 15) is 73.5 Å². The molecular weight excluding hydrogens is 1080 g/mol. The van der Waals surface area contributed by atoms with Gasteiger partial charge in [0.2, 0.25) is 47.3 Å². The third-order valence-corrected chi connectivity index (χ3v) is 15.2. The van der Waals surface area contributed by atoms with Crippen LogP contribution >= 0.6 is 21.6 Å². The van der Waals surface area contributed by atoms with E-state index in [0.717, 1.165) is 28.5 Å². The number of aliphatic carboxylic acids is 2. The van der Waals surface area contributed by atoms with Crippen LogP contribution in [-0.2, 0) is 67.2 Å². The number of para-hydroxylation sites is 1. The maximum atomic E-state index is 14.9. The number of fused-ring (bicyclic) bond motifs is 1. The minimum Gasteiger partial charge on any atom is -0.508 e. The van der Waals surface area contributed by atoms with E-state index in [1.165, 1.54) is 31.2 Å². The van der Waals surface area contributed by atoms with Crippen molar-refractivity contribution in [1.29, 1.82) is 0 Å². The van der Waals surface area contributed by atoms with Crippen molar-refractivity contribution in [2.75, 3.05) is 18.1 Å². The summed E-state index contributed by atoms with van der Waals surface area (Å²) in [5.41, 5.74) is 8.03. The van der Waals surface area contributed by atoms with Crippen LogP contribution in [0.25, 0.3) is 10.9 Å². The topological polar surface area (TPSA) is 410 Å². The van der Waals surface area contributed by atoms with Crippen LogP contribution < -0.4 is 48.3 Å². The van der Waals surface area contributed by atoms with Crippen molar-refractivity contribution in [3.63, 3.8) is 0 Å². The summed E-state index contributed by atoms with van der Waals surface area (Å²) in [7, 11) is 1.70. The van der Waals surface area contributed by atoms with Gasteiger partial charge in [0.15, 0.2) is 6.04 Å². The maximum Gasteiger partial charge on any atom is 0.328 e. The van der Waals surface area contributed by atoms with E-state index in [2.05, 4.69) is 47.5 Å². The van der Waals surface area contributed by atoms with Crippen LogP contribution in [0.4, 0.5) is 0 Å². The Bertz CT molecular complexity index is 2800. The molecule has 1 aliphatic rings. The molecule has 0 saturated carbocycles. The number of H-pyrrole nitrogens is 1. The number of aliphatic hydroxyl groups excluding tert-OH is 2. The molecular formula is C53H68N10O15S2. The van der Waals surface area contributed by atoms with Gasteiger partial charge in [-0.05, 0) is 74.5 Å². The highest BCUT2D eigenvalue weighted by Crippen LogP contribution is 2.25. The predicted molar refractivity (Wildman–Crippen MR) is 295 cm³/mol. The highest BCUT2D eigenvalue weighted by atomic mass is 33.1. The molecule has 0 radical (unpaired) electrons. The fraction of sp³-hybridized carbons (Fsp3) is 0.434. The van der Waals surface area contributed by atoms with Gasteiger partial charge in [-0.15, -0.1) is 0 Å². The van der Waals surface area contributed by atoms with Gasteiger partial charge in [-0.1, -0.05) is 82.3 Å². The largest absolute Gasteiger partial charge is 0.508 e. The fourth-order valence-electron chi connectivity index (χ4n) is 8.36. The van der Waals surface area contributed by atoms with Gasteiger partial charge in [-0.2, -0.15) is 0 Å². The number of aromatic hydroxyl groups is 1. The Hall–Kier alpha value is -7.72. The van der Waals surface area contributed by atoms with Gasteiger partial charge in [0.1, 0.15) is 48.0 Å². The average Bonchev–Trinajstić information content (AvgIpc) is 3.83. The first-order chi connectivity index (χ1) is 38.1. The number of amides is 8. The molecule has 3 aromatic carbocycles. The minimum absolute atomic E-state index is 0.0592. The first kappa shape index (κ1) is 63.1. The molecule has 0 unspecified atom stereocenters. The second-order valence-electron chi connectivity index (χ2n) is 19.1. The Balaban J connectivity index is 1.62. The van der Waals surface area contributed by atoms with Gasteiger partial charge < -0.3 is 78.8 Å². The lowest BCUT2D eigenvalue weighted by Crippen LogP contribution is -2.62. The molecule has 27 heteroatoms. The molecule has 1 aliphatic heterocycles. The number of phenols is 1. The third-order valence-electron chi connectivity index (χ3n) is 12.7. The molecule has 2 heterocycles. The first-order valence-electron chi connectivity index (χ1n) is 25.7. The number of rotatable bonds is 21. The number of unbranched alkanes of at least 4 members (excludes halogenated alkanes) is 1. The number of aromatic amines is 1. The number of phenolic OH excluding ortho intramolecular Hbond substituents is 1. The van der Waals surface area contributed by atoms with E-state index in [-0.39, 0.29) is 50.2 Å². The molecule has 4 aromatic rings. The highest BCUT2D eigenvalue weighted by Gasteiger charge is 2.37. The van der Waals surface area contributed by atoms with Crippen LogP contribution in [0.15, 0.2) is 85.1 Å². The van der Waals surface area contributed by atoms with Crippen molar-refractivity contribution >= 4 is 91.7 Å². The van der Waals surface area contributed by atoms with Gasteiger partial charge in [-0.25, -0.2) is 4.79 Å². The van der Waals surface area contributed by atoms with Crippen LogP contribution in [0.3, 0.4) is 0 Å². The number of aliphatic hydroxyl groups is 2. The maximum absolute atomic E-state index is 14.9. The number of nitrogens with two attached hydrogens (primary N) is 1. The first-order valence-corrected chi connectivity index (χ1v) is 28.2. The van der Waals surface area contributed by atoms with Crippen molar-refractivity contribution in [3.8, 4) is 5.75 Å². The molecule has 0 aliphatic carbocycles. The second kappa shape index (κ2) is 31.2. The highest BCUT2D eigenvalue weighted by molar-refractivity contribution is 8.76. The van der Waals surface area contributed by atoms with Crippen LogP contribution in [-0.4, -0.2) is 168 Å². The predicted octanol–water partition coefficient (Wildman–Crippen LogP) is -0.985. The fourth-order valence-corrected chi connectivity index (χ4v) is 10.7. The van der Waals surface area contributed by atoms with Gasteiger partial charge in [-0.3, -0.25) is 43.2 Å². The van der Waals surface area contributed by atoms with Gasteiger partial charge in [0, 0.05) is 54.3 Å². The van der Waals surface area contributed by atoms with Gasteiger partial charge in [0.25, 0.3) is 0 Å². The number of carboxylic acid groups (broad SMARTS) is 2. The molecule has 0 spiro atoms. The lowest BCUT2D eigenvalue weighted by atomic mass is 10.0. The summed E-state index contributed by atoms with van der Waals surface area (Å²) in [4.78, 5) is 141. The standard InChI is InChI=1S/C53H68N10O15S2/c1-28(64)44-52(76)61-41(51(75)63-45(29(2)65)53(77)78)27-80-79-26-40(60-47(71)37(22-30-10-4-3-5-11-30)56-42(67)19-20-43(68)69)50(74)58-38(23-31-15-17-33(66)18-16-31)48(72)59-39(24-32-25-55-35-13-7-6-12-34(32)35)49(73)57-36(46(70)62-44)14-8-9-21-54/h3-7,10-13,15-18,25,28-29,36-41,44-45,55,64-66H,8-9,14,19-24,26-27,54H2,1-2H3,(H,56,67)(H,57,73)(H,58,74)(H,59,72)(H,60,71)(H,61,76)(H,62,70)(H,63,75)(H,68,69)(H,77,78)/t28-,29-,36+,37-,38+,39-,40+,41+,44+,45+/m1/s1. The monoisotopic (exact) mass is 1150 g/mol. The molecule has 10 atom stereocenters. The Morgan fingerprint density at radius 1 is 0.688 bits per heavy atom. The van der Waals surface area contributed by atoms with Crippen LogP contribution in [0, 0.1) is 0 Å². The molecule has 80 heavy (non-hydrogen) atoms. The smallest absolute Gasteiger partial charge is 0.328 e. The average molecular weight is 1150 g/mol. The number of aromatic nitrogens is 1. The zero-order chi connectivity index (χ0) is 58.5. The van der Waals surface area contributed by atoms with E-state index < -0.39 is 138 Å². The van der Waals surface area contributed by atoms with Crippen LogP contribution in [0.2, 0.25) is 0 Å². The number of hydrogen-bond donors (Lipinski definition) is 15. The molecule has 1 fully saturated rings. The van der Waals surface area contributed by atoms with Crippen LogP contribution in [0.5, 0.6) is 5.75 Å². The van der Waals surface area contributed by atoms with E-state index >= 15 is 0 Å². The van der Waals surface area contributed by atoms with Crippen molar-refractivity contribution < 1.29 is 73.5 Å². The summed E-state index contributed by atoms with van der Waals surface area (Å²) in [6.45, 7) is 2.48. The Kier molecular flexibility index (Phi) is 24.6. The summed E-state index contributed by atoms with van der Waals surface area (Å²) < 4.78 is 0. The summed E-state index contributed by atoms with van der Waals surface area (Å²) in [6, 6.07) is 8.44. The SMILES string of the molecule is C[C@@H](O)[C@H](NC(=O)[C@@H]1CSSC[C@H](NC(=O)[C@@H](Cc2ccccc2)NC(=O)CCC(=O)O)C(=O)N[C@@H](Cc2ccc(O)cc2)C(=O)N[C@H](Cc2c[nH]c3ccccc23)C(=O)N[C@@H](CCCCN)C(=O)N[C@@H]([C@@H](C)O)C(=O)N1)C(=O)O. The quantitative estimate of drug-likeness (QED) is 0.0352. The molecule has 1 aromatic heterocycles. The molecule has 25 nitrogen and oxygen atoms in total. The molecule has 432 valence electrons. The van der Waals surface area contributed by atoms with Crippen LogP contribution in [0.1, 0.15) is 62.6 Å². The van der Waals surface area contributed by atoms with Gasteiger partial charge >= 0.3 is 11.9 Å². The molecule has 8 amide bonds. The van der Waals surface area contributed by atoms with E-state index in [1.54, 1.807) is 60.8 Å². The number of benzene rings is 3. The van der Waals surface area contributed by atoms with Crippen molar-refractivity contribution in [2.24, 2.45) is 5.73 Å². The molecule has 0 bridgehead atoms. The number of hydrogen-bond acceptors (Lipinski definition) is 16. The minimum atomic E-state index is -1.87. The van der Waals surface area contributed by atoms with Crippen molar-refractivity contribution in [1.82, 2.24) is 47.5 Å². The number of carboxylic acids is 2. The number of nitrogens with one attached hydrogen (secondary N) is 9. The number of carbonyl (C=O) groups excluding carboxylic acids is 8. The third kappa shape index (κ3) is 19.6. The number of carbonyl (C=O) groups is 10. The van der Waals surface area contributed by atoms with E-state index in [0.29, 0.717) is 34.0 Å². The zero-order valence-corrected chi connectivity index (χ0v) is 45.5.